The molecule has 1 heterocycles. The van der Waals surface area contributed by atoms with Crippen LogP contribution in [-0.2, 0) is 14.3 Å². The highest BCUT2D eigenvalue weighted by Gasteiger charge is 2.44. The molecule has 7 atom stereocenters. The average molecular weight is 868 g/mol. The standard InChI is InChI=1S/C52H101NO8/c1-3-5-7-9-11-13-15-17-19-20-21-22-23-24-25-26-28-29-31-33-35-37-39-41-46(55)45(44-60-52-51(59)50(58)49(57)47(43-54)61-52)53-48(56)42-40-38-36-34-32-30-27-18-16-14-12-10-8-6-4-2/h14,16,45-47,49-52,54-55,57-59H,3-13,15,17-44H2,1-2H3,(H,53,56)/b16-14-. The topological polar surface area (TPSA) is 149 Å². The SMILES string of the molecule is CCCCCC/C=C\CCCCCCCCCC(=O)NC(COC1OC(CO)C(O)C(O)C1O)C(O)CCCCCCCCCCCCCCCCCCCCCCCCC. The fraction of sp³-hybridized carbons (Fsp3) is 0.942. The molecule has 0 aliphatic carbocycles. The Hall–Kier alpha value is -1.07. The normalized spacial score (nSPS) is 20.4. The van der Waals surface area contributed by atoms with Gasteiger partial charge < -0.3 is 40.3 Å². The predicted octanol–water partition coefficient (Wildman–Crippen LogP) is 12.1. The Balaban J connectivity index is 2.23. The van der Waals surface area contributed by atoms with Crippen molar-refractivity contribution < 1.29 is 39.8 Å². The van der Waals surface area contributed by atoms with Crippen LogP contribution in [0.15, 0.2) is 12.2 Å². The number of aliphatic hydroxyl groups excluding tert-OH is 5. The van der Waals surface area contributed by atoms with E-state index in [1.807, 2.05) is 0 Å². The van der Waals surface area contributed by atoms with Gasteiger partial charge in [-0.3, -0.25) is 4.79 Å². The molecule has 0 radical (unpaired) electrons. The Bertz CT molecular complexity index is 966. The maximum atomic E-state index is 13.0. The summed E-state index contributed by atoms with van der Waals surface area (Å²) in [6.07, 6.45) is 43.7. The van der Waals surface area contributed by atoms with E-state index in [2.05, 4.69) is 31.3 Å². The van der Waals surface area contributed by atoms with Crippen LogP contribution in [0.3, 0.4) is 0 Å². The highest BCUT2D eigenvalue weighted by molar-refractivity contribution is 5.76. The van der Waals surface area contributed by atoms with E-state index >= 15 is 0 Å². The van der Waals surface area contributed by atoms with Gasteiger partial charge in [0.25, 0.3) is 0 Å². The van der Waals surface area contributed by atoms with Crippen molar-refractivity contribution in [3.8, 4) is 0 Å². The Labute approximate surface area is 376 Å². The minimum Gasteiger partial charge on any atom is -0.394 e. The summed E-state index contributed by atoms with van der Waals surface area (Å²) in [6.45, 7) is 3.84. The zero-order valence-electron chi connectivity index (χ0n) is 39.9. The van der Waals surface area contributed by atoms with Crippen molar-refractivity contribution in [2.45, 2.75) is 301 Å². The van der Waals surface area contributed by atoms with Gasteiger partial charge in [0.1, 0.15) is 24.4 Å². The van der Waals surface area contributed by atoms with Gasteiger partial charge >= 0.3 is 0 Å². The van der Waals surface area contributed by atoms with Crippen LogP contribution < -0.4 is 5.32 Å². The van der Waals surface area contributed by atoms with Gasteiger partial charge in [-0.2, -0.15) is 0 Å². The number of hydrogen-bond donors (Lipinski definition) is 6. The van der Waals surface area contributed by atoms with Gasteiger partial charge in [0, 0.05) is 6.42 Å². The third-order valence-electron chi connectivity index (χ3n) is 12.9. The van der Waals surface area contributed by atoms with E-state index in [4.69, 9.17) is 9.47 Å². The number of carbonyl (C=O) groups excluding carboxylic acids is 1. The Kier molecular flexibility index (Phi) is 40.7. The van der Waals surface area contributed by atoms with Crippen molar-refractivity contribution in [3.05, 3.63) is 12.2 Å². The molecule has 0 saturated carbocycles. The lowest BCUT2D eigenvalue weighted by atomic mass is 9.99. The minimum atomic E-state index is -1.55. The van der Waals surface area contributed by atoms with Crippen LogP contribution >= 0.6 is 0 Å². The van der Waals surface area contributed by atoms with Crippen LogP contribution in [0.4, 0.5) is 0 Å². The number of allylic oxidation sites excluding steroid dienone is 2. The van der Waals surface area contributed by atoms with Gasteiger partial charge in [0.15, 0.2) is 6.29 Å². The molecule has 9 nitrogen and oxygen atoms in total. The number of ether oxygens (including phenoxy) is 2. The largest absolute Gasteiger partial charge is 0.394 e. The molecule has 1 aliphatic rings. The fourth-order valence-electron chi connectivity index (χ4n) is 8.63. The molecule has 1 fully saturated rings. The second-order valence-electron chi connectivity index (χ2n) is 18.7. The maximum absolute atomic E-state index is 13.0. The zero-order chi connectivity index (χ0) is 44.4. The number of rotatable bonds is 45. The van der Waals surface area contributed by atoms with E-state index < -0.39 is 49.5 Å². The maximum Gasteiger partial charge on any atom is 0.220 e. The van der Waals surface area contributed by atoms with Gasteiger partial charge in [-0.25, -0.2) is 0 Å². The fourth-order valence-corrected chi connectivity index (χ4v) is 8.63. The molecule has 0 aromatic heterocycles. The van der Waals surface area contributed by atoms with E-state index in [0.29, 0.717) is 12.8 Å². The van der Waals surface area contributed by atoms with Crippen LogP contribution in [0, 0.1) is 0 Å². The lowest BCUT2D eigenvalue weighted by Crippen LogP contribution is -2.60. The van der Waals surface area contributed by atoms with Crippen molar-refractivity contribution in [3.63, 3.8) is 0 Å². The summed E-state index contributed by atoms with van der Waals surface area (Å²) in [4.78, 5) is 13.0. The molecule has 0 spiro atoms. The van der Waals surface area contributed by atoms with Crippen molar-refractivity contribution in [1.82, 2.24) is 5.32 Å². The van der Waals surface area contributed by atoms with Gasteiger partial charge in [-0.1, -0.05) is 225 Å². The molecule has 1 rings (SSSR count). The molecule has 362 valence electrons. The summed E-state index contributed by atoms with van der Waals surface area (Å²) in [5.41, 5.74) is 0. The number of unbranched alkanes of at least 4 members (excludes halogenated alkanes) is 33. The van der Waals surface area contributed by atoms with E-state index in [0.717, 1.165) is 38.5 Å². The van der Waals surface area contributed by atoms with Crippen LogP contribution in [0.5, 0.6) is 0 Å². The first-order valence-corrected chi connectivity index (χ1v) is 26.4. The lowest BCUT2D eigenvalue weighted by Gasteiger charge is -2.40. The molecule has 0 bridgehead atoms. The second-order valence-corrected chi connectivity index (χ2v) is 18.7. The Morgan fingerprint density at radius 1 is 0.541 bits per heavy atom. The van der Waals surface area contributed by atoms with Crippen molar-refractivity contribution >= 4 is 5.91 Å². The van der Waals surface area contributed by atoms with Gasteiger partial charge in [-0.05, 0) is 38.5 Å². The number of carbonyl (C=O) groups is 1. The van der Waals surface area contributed by atoms with E-state index in [1.165, 1.54) is 193 Å². The van der Waals surface area contributed by atoms with Crippen LogP contribution in [0.1, 0.15) is 258 Å². The van der Waals surface area contributed by atoms with Gasteiger partial charge in [0.2, 0.25) is 5.91 Å². The summed E-state index contributed by atoms with van der Waals surface area (Å²) in [6, 6.07) is -0.718. The van der Waals surface area contributed by atoms with Crippen LogP contribution in [-0.4, -0.2) is 87.5 Å². The summed E-state index contributed by atoms with van der Waals surface area (Å²) in [5, 5.41) is 54.5. The number of hydrogen-bond acceptors (Lipinski definition) is 8. The van der Waals surface area contributed by atoms with E-state index in [9.17, 15) is 30.3 Å². The highest BCUT2D eigenvalue weighted by Crippen LogP contribution is 2.23. The van der Waals surface area contributed by atoms with E-state index in [-0.39, 0.29) is 12.5 Å². The minimum absolute atomic E-state index is 0.136. The molecular weight excluding hydrogens is 767 g/mol. The first-order valence-electron chi connectivity index (χ1n) is 26.4. The van der Waals surface area contributed by atoms with Crippen molar-refractivity contribution in [2.24, 2.45) is 0 Å². The molecule has 1 amide bonds. The lowest BCUT2D eigenvalue weighted by molar-refractivity contribution is -0.302. The summed E-state index contributed by atoms with van der Waals surface area (Å²) in [5.74, 6) is -0.146. The zero-order valence-corrected chi connectivity index (χ0v) is 39.9. The van der Waals surface area contributed by atoms with Crippen molar-refractivity contribution in [1.29, 1.82) is 0 Å². The molecule has 9 heteroatoms. The smallest absolute Gasteiger partial charge is 0.220 e. The van der Waals surface area contributed by atoms with Crippen LogP contribution in [0.25, 0.3) is 0 Å². The third kappa shape index (κ3) is 33.1. The number of amides is 1. The van der Waals surface area contributed by atoms with Gasteiger partial charge in [0.05, 0.1) is 25.4 Å². The Morgan fingerprint density at radius 3 is 1.34 bits per heavy atom. The second kappa shape index (κ2) is 42.9. The monoisotopic (exact) mass is 868 g/mol. The summed E-state index contributed by atoms with van der Waals surface area (Å²) in [7, 11) is 0. The molecule has 7 unspecified atom stereocenters. The molecular formula is C52H101NO8. The summed E-state index contributed by atoms with van der Waals surface area (Å²) < 4.78 is 11.3. The van der Waals surface area contributed by atoms with Gasteiger partial charge in [-0.15, -0.1) is 0 Å². The quantitative estimate of drug-likeness (QED) is 0.0262. The first kappa shape index (κ1) is 57.9. The molecule has 0 aromatic carbocycles. The molecule has 6 N–H and O–H groups in total. The predicted molar refractivity (Wildman–Crippen MR) is 254 cm³/mol. The summed E-state index contributed by atoms with van der Waals surface area (Å²) >= 11 is 0. The molecule has 0 aromatic rings. The molecule has 61 heavy (non-hydrogen) atoms. The van der Waals surface area contributed by atoms with Crippen molar-refractivity contribution in [2.75, 3.05) is 13.2 Å². The number of nitrogens with one attached hydrogen (secondary N) is 1. The molecule has 1 saturated heterocycles. The highest BCUT2D eigenvalue weighted by atomic mass is 16.7. The average Bonchev–Trinajstić information content (AvgIpc) is 3.26. The third-order valence-corrected chi connectivity index (χ3v) is 12.9. The Morgan fingerprint density at radius 2 is 0.918 bits per heavy atom. The first-order chi connectivity index (χ1) is 29.8. The number of aliphatic hydroxyl groups is 5. The molecule has 1 aliphatic heterocycles. The van der Waals surface area contributed by atoms with Crippen LogP contribution in [0.2, 0.25) is 0 Å². The van der Waals surface area contributed by atoms with E-state index in [1.54, 1.807) is 0 Å².